The van der Waals surface area contributed by atoms with Gasteiger partial charge in [-0.3, -0.25) is 4.79 Å². The molecule has 0 saturated carbocycles. The number of nitrogens with zero attached hydrogens (tertiary/aromatic N) is 6. The molecule has 2 heterocycles. The molecule has 0 spiro atoms. The zero-order chi connectivity index (χ0) is 18.5. The normalized spacial score (nSPS) is 10.7. The molecule has 8 nitrogen and oxygen atoms in total. The Kier molecular flexibility index (Phi) is 4.69. The van der Waals surface area contributed by atoms with Gasteiger partial charge in [-0.2, -0.15) is 0 Å². The zero-order valence-corrected chi connectivity index (χ0v) is 14.4. The van der Waals surface area contributed by atoms with Crippen LogP contribution in [0.3, 0.4) is 0 Å². The van der Waals surface area contributed by atoms with Crippen molar-refractivity contribution >= 4 is 5.91 Å². The van der Waals surface area contributed by atoms with Crippen molar-refractivity contribution in [2.24, 2.45) is 0 Å². The first-order chi connectivity index (χ1) is 13.3. The molecule has 134 valence electrons. The standard InChI is InChI=1S/C19H17N7O/c27-19(16-7-5-15(6-8-16)12-26-14-22-23-24-26)21-11-17-3-1-2-4-18(17)25-10-9-20-13-25/h1-10,13-14H,11-12H2,(H,21,27). The molecular formula is C19H17N7O. The highest BCUT2D eigenvalue weighted by Gasteiger charge is 2.08. The zero-order valence-electron chi connectivity index (χ0n) is 14.4. The van der Waals surface area contributed by atoms with Gasteiger partial charge >= 0.3 is 0 Å². The molecule has 0 atom stereocenters. The number of nitrogens with one attached hydrogen (secondary N) is 1. The van der Waals surface area contributed by atoms with Gasteiger partial charge in [-0.25, -0.2) is 9.67 Å². The van der Waals surface area contributed by atoms with Gasteiger partial charge in [0.25, 0.3) is 5.91 Å². The second-order valence-electron chi connectivity index (χ2n) is 5.99. The van der Waals surface area contributed by atoms with Gasteiger partial charge in [-0.1, -0.05) is 30.3 Å². The summed E-state index contributed by atoms with van der Waals surface area (Å²) in [7, 11) is 0. The minimum absolute atomic E-state index is 0.121. The summed E-state index contributed by atoms with van der Waals surface area (Å²) in [5, 5.41) is 14.0. The molecule has 0 aliphatic rings. The van der Waals surface area contributed by atoms with Crippen molar-refractivity contribution < 1.29 is 4.79 Å². The third kappa shape index (κ3) is 3.90. The fourth-order valence-electron chi connectivity index (χ4n) is 2.79. The number of benzene rings is 2. The van der Waals surface area contributed by atoms with Crippen LogP contribution in [0.2, 0.25) is 0 Å². The van der Waals surface area contributed by atoms with E-state index in [9.17, 15) is 4.79 Å². The lowest BCUT2D eigenvalue weighted by molar-refractivity contribution is 0.0951. The van der Waals surface area contributed by atoms with Gasteiger partial charge in [0, 0.05) is 24.5 Å². The van der Waals surface area contributed by atoms with Crippen molar-refractivity contribution in [2.45, 2.75) is 13.1 Å². The summed E-state index contributed by atoms with van der Waals surface area (Å²) < 4.78 is 3.55. The molecule has 27 heavy (non-hydrogen) atoms. The molecule has 2 aromatic heterocycles. The van der Waals surface area contributed by atoms with E-state index in [1.165, 1.54) is 0 Å². The molecular weight excluding hydrogens is 342 g/mol. The largest absolute Gasteiger partial charge is 0.348 e. The fourth-order valence-corrected chi connectivity index (χ4v) is 2.79. The Morgan fingerprint density at radius 3 is 2.63 bits per heavy atom. The van der Waals surface area contributed by atoms with Gasteiger partial charge < -0.3 is 9.88 Å². The van der Waals surface area contributed by atoms with Gasteiger partial charge in [0.15, 0.2) is 0 Å². The lowest BCUT2D eigenvalue weighted by atomic mass is 10.1. The second-order valence-corrected chi connectivity index (χ2v) is 5.99. The lowest BCUT2D eigenvalue weighted by Crippen LogP contribution is -2.23. The molecule has 0 radical (unpaired) electrons. The van der Waals surface area contributed by atoms with E-state index in [-0.39, 0.29) is 5.91 Å². The number of hydrogen-bond acceptors (Lipinski definition) is 5. The maximum atomic E-state index is 12.5. The van der Waals surface area contributed by atoms with E-state index in [4.69, 9.17) is 0 Å². The third-order valence-electron chi connectivity index (χ3n) is 4.17. The molecule has 0 bridgehead atoms. The van der Waals surface area contributed by atoms with E-state index in [0.29, 0.717) is 18.7 Å². The highest BCUT2D eigenvalue weighted by atomic mass is 16.1. The van der Waals surface area contributed by atoms with Crippen LogP contribution in [-0.2, 0) is 13.1 Å². The number of imidazole rings is 1. The highest BCUT2D eigenvalue weighted by molar-refractivity contribution is 5.94. The molecule has 0 saturated heterocycles. The van der Waals surface area contributed by atoms with Gasteiger partial charge in [-0.15, -0.1) is 5.10 Å². The van der Waals surface area contributed by atoms with Gasteiger partial charge in [0.05, 0.1) is 18.6 Å². The van der Waals surface area contributed by atoms with E-state index in [0.717, 1.165) is 16.8 Å². The Morgan fingerprint density at radius 1 is 1.04 bits per heavy atom. The Bertz CT molecular complexity index is 1010. The number of aromatic nitrogens is 6. The number of hydrogen-bond donors (Lipinski definition) is 1. The molecule has 4 aromatic rings. The number of tetrazole rings is 1. The summed E-state index contributed by atoms with van der Waals surface area (Å²) in [6, 6.07) is 15.3. The quantitative estimate of drug-likeness (QED) is 0.567. The first-order valence-corrected chi connectivity index (χ1v) is 8.44. The van der Waals surface area contributed by atoms with Crippen molar-refractivity contribution in [1.82, 2.24) is 35.1 Å². The van der Waals surface area contributed by atoms with Gasteiger partial charge in [0.1, 0.15) is 6.33 Å². The van der Waals surface area contributed by atoms with Crippen molar-refractivity contribution in [3.8, 4) is 5.69 Å². The summed E-state index contributed by atoms with van der Waals surface area (Å²) in [6.07, 6.45) is 6.90. The molecule has 1 N–H and O–H groups in total. The Labute approximate surface area is 155 Å². The monoisotopic (exact) mass is 359 g/mol. The van der Waals surface area contributed by atoms with Crippen LogP contribution in [0.1, 0.15) is 21.5 Å². The van der Waals surface area contributed by atoms with Crippen molar-refractivity contribution in [3.63, 3.8) is 0 Å². The molecule has 0 fully saturated rings. The highest BCUT2D eigenvalue weighted by Crippen LogP contribution is 2.14. The Hall–Kier alpha value is -3.81. The van der Waals surface area contributed by atoms with Crippen LogP contribution >= 0.6 is 0 Å². The average molecular weight is 359 g/mol. The summed E-state index contributed by atoms with van der Waals surface area (Å²) in [6.45, 7) is 0.993. The van der Waals surface area contributed by atoms with Gasteiger partial charge in [0.2, 0.25) is 0 Å². The first-order valence-electron chi connectivity index (χ1n) is 8.44. The number of carbonyl (C=O) groups is 1. The number of amides is 1. The lowest BCUT2D eigenvalue weighted by Gasteiger charge is -2.11. The molecule has 8 heteroatoms. The van der Waals surface area contributed by atoms with Crippen LogP contribution in [0.15, 0.2) is 73.6 Å². The number of carbonyl (C=O) groups excluding carboxylic acids is 1. The van der Waals surface area contributed by atoms with E-state index in [2.05, 4.69) is 25.8 Å². The predicted octanol–water partition coefficient (Wildman–Crippen LogP) is 1.84. The van der Waals surface area contributed by atoms with Crippen LogP contribution in [0.25, 0.3) is 5.69 Å². The SMILES string of the molecule is O=C(NCc1ccccc1-n1ccnc1)c1ccc(Cn2cnnn2)cc1. The van der Waals surface area contributed by atoms with Crippen molar-refractivity contribution in [3.05, 3.63) is 90.3 Å². The maximum absolute atomic E-state index is 12.5. The predicted molar refractivity (Wildman–Crippen MR) is 98.1 cm³/mol. The summed E-state index contributed by atoms with van der Waals surface area (Å²) in [5.74, 6) is -0.121. The minimum atomic E-state index is -0.121. The Morgan fingerprint density at radius 2 is 1.89 bits per heavy atom. The first kappa shape index (κ1) is 16.6. The third-order valence-corrected chi connectivity index (χ3v) is 4.17. The summed E-state index contributed by atoms with van der Waals surface area (Å²) in [5.41, 5.74) is 3.63. The van der Waals surface area contributed by atoms with Crippen LogP contribution in [-0.4, -0.2) is 35.7 Å². The van der Waals surface area contributed by atoms with Crippen LogP contribution < -0.4 is 5.32 Å². The molecule has 0 unspecified atom stereocenters. The fraction of sp³-hybridized carbons (Fsp3) is 0.105. The van der Waals surface area contributed by atoms with Crippen LogP contribution in [0, 0.1) is 0 Å². The minimum Gasteiger partial charge on any atom is -0.348 e. The second kappa shape index (κ2) is 7.61. The van der Waals surface area contributed by atoms with E-state index in [1.54, 1.807) is 35.7 Å². The molecule has 1 amide bonds. The number of rotatable bonds is 6. The maximum Gasteiger partial charge on any atom is 0.251 e. The molecule has 0 aliphatic carbocycles. The summed E-state index contributed by atoms with van der Waals surface area (Å²) >= 11 is 0. The summed E-state index contributed by atoms with van der Waals surface area (Å²) in [4.78, 5) is 16.6. The average Bonchev–Trinajstić information content (AvgIpc) is 3.41. The molecule has 2 aromatic carbocycles. The van der Waals surface area contributed by atoms with E-state index < -0.39 is 0 Å². The van der Waals surface area contributed by atoms with Crippen molar-refractivity contribution in [1.29, 1.82) is 0 Å². The molecule has 0 aliphatic heterocycles. The van der Waals surface area contributed by atoms with Crippen LogP contribution in [0.4, 0.5) is 0 Å². The van der Waals surface area contributed by atoms with E-state index >= 15 is 0 Å². The van der Waals surface area contributed by atoms with Gasteiger partial charge in [-0.05, 0) is 39.8 Å². The topological polar surface area (TPSA) is 90.5 Å². The van der Waals surface area contributed by atoms with Crippen LogP contribution in [0.5, 0.6) is 0 Å². The molecule has 4 rings (SSSR count). The van der Waals surface area contributed by atoms with Crippen molar-refractivity contribution in [2.75, 3.05) is 0 Å². The van der Waals surface area contributed by atoms with E-state index in [1.807, 2.05) is 47.2 Å². The Balaban J connectivity index is 1.41. The number of para-hydroxylation sites is 1. The smallest absolute Gasteiger partial charge is 0.251 e.